The Morgan fingerprint density at radius 2 is 1.87 bits per heavy atom. The van der Waals surface area contributed by atoms with E-state index in [2.05, 4.69) is 5.32 Å². The van der Waals surface area contributed by atoms with Crippen LogP contribution in [0.4, 0.5) is 18.9 Å². The van der Waals surface area contributed by atoms with Crippen molar-refractivity contribution in [3.05, 3.63) is 29.3 Å². The molecule has 1 aromatic carbocycles. The van der Waals surface area contributed by atoms with Gasteiger partial charge in [-0.25, -0.2) is 0 Å². The van der Waals surface area contributed by atoms with Crippen LogP contribution in [0.3, 0.4) is 0 Å². The molecule has 1 heterocycles. The van der Waals surface area contributed by atoms with Crippen LogP contribution < -0.4 is 5.32 Å². The fraction of sp³-hybridized carbons (Fsp3) is 0.400. The zero-order chi connectivity index (χ0) is 17.0. The summed E-state index contributed by atoms with van der Waals surface area (Å²) in [6, 6.07) is 4.89. The molecule has 0 atom stereocenters. The van der Waals surface area contributed by atoms with E-state index in [1.807, 2.05) is 0 Å². The Bertz CT molecular complexity index is 649. The van der Waals surface area contributed by atoms with E-state index in [0.29, 0.717) is 13.0 Å². The van der Waals surface area contributed by atoms with Crippen LogP contribution in [0.15, 0.2) is 18.2 Å². The SMILES string of the molecule is N#Cc1ccc(NCCCN2C(=O)CCC2=O)cc1C(F)(F)F. The number of nitrogens with one attached hydrogen (secondary N) is 1. The first-order chi connectivity index (χ1) is 10.8. The normalized spacial score (nSPS) is 15.0. The number of nitriles is 1. The molecule has 2 amide bonds. The Kier molecular flexibility index (Phi) is 4.89. The molecule has 0 radical (unpaired) electrons. The molecular formula is C15H14F3N3O2. The molecule has 23 heavy (non-hydrogen) atoms. The van der Waals surface area contributed by atoms with Crippen molar-refractivity contribution < 1.29 is 22.8 Å². The molecule has 8 heteroatoms. The number of carbonyl (C=O) groups is 2. The minimum Gasteiger partial charge on any atom is -0.385 e. The minimum absolute atomic E-state index is 0.215. The number of hydrogen-bond acceptors (Lipinski definition) is 4. The van der Waals surface area contributed by atoms with Gasteiger partial charge in [0.25, 0.3) is 0 Å². The maximum absolute atomic E-state index is 12.8. The highest BCUT2D eigenvalue weighted by Gasteiger charge is 2.33. The summed E-state index contributed by atoms with van der Waals surface area (Å²) in [5, 5.41) is 11.5. The Hall–Kier alpha value is -2.56. The molecule has 0 aromatic heterocycles. The first-order valence-corrected chi connectivity index (χ1v) is 7.01. The minimum atomic E-state index is -4.60. The van der Waals surface area contributed by atoms with Gasteiger partial charge < -0.3 is 5.32 Å². The van der Waals surface area contributed by atoms with Gasteiger partial charge in [-0.1, -0.05) is 0 Å². The summed E-state index contributed by atoms with van der Waals surface area (Å²) in [5.74, 6) is -0.430. The number of imide groups is 1. The third kappa shape index (κ3) is 4.00. The summed E-state index contributed by atoms with van der Waals surface area (Å²) in [4.78, 5) is 24.0. The topological polar surface area (TPSA) is 73.2 Å². The van der Waals surface area contributed by atoms with Crippen LogP contribution in [0.5, 0.6) is 0 Å². The summed E-state index contributed by atoms with van der Waals surface area (Å²) in [6.45, 7) is 0.549. The Morgan fingerprint density at radius 3 is 2.43 bits per heavy atom. The number of benzene rings is 1. The summed E-state index contributed by atoms with van der Waals surface area (Å²) in [7, 11) is 0. The van der Waals surface area contributed by atoms with Crippen LogP contribution in [-0.2, 0) is 15.8 Å². The van der Waals surface area contributed by atoms with Crippen LogP contribution in [0.2, 0.25) is 0 Å². The van der Waals surface area contributed by atoms with Crippen LogP contribution >= 0.6 is 0 Å². The van der Waals surface area contributed by atoms with Crippen molar-refractivity contribution in [2.24, 2.45) is 0 Å². The van der Waals surface area contributed by atoms with Crippen molar-refractivity contribution in [2.45, 2.75) is 25.4 Å². The molecule has 0 bridgehead atoms. The maximum Gasteiger partial charge on any atom is 0.417 e. The molecular weight excluding hydrogens is 311 g/mol. The lowest BCUT2D eigenvalue weighted by Crippen LogP contribution is -2.31. The largest absolute Gasteiger partial charge is 0.417 e. The number of halogens is 3. The quantitative estimate of drug-likeness (QED) is 0.667. The first-order valence-electron chi connectivity index (χ1n) is 7.01. The number of amides is 2. The molecule has 0 unspecified atom stereocenters. The van der Waals surface area contributed by atoms with E-state index in [4.69, 9.17) is 5.26 Å². The zero-order valence-corrected chi connectivity index (χ0v) is 12.1. The molecule has 1 aliphatic heterocycles. The van der Waals surface area contributed by atoms with E-state index >= 15 is 0 Å². The molecule has 1 aliphatic rings. The molecule has 0 aliphatic carbocycles. The van der Waals surface area contributed by atoms with Crippen molar-refractivity contribution >= 4 is 17.5 Å². The van der Waals surface area contributed by atoms with Crippen molar-refractivity contribution in [3.8, 4) is 6.07 Å². The van der Waals surface area contributed by atoms with E-state index in [9.17, 15) is 22.8 Å². The van der Waals surface area contributed by atoms with Gasteiger partial charge >= 0.3 is 6.18 Å². The second kappa shape index (κ2) is 6.69. The number of rotatable bonds is 5. The van der Waals surface area contributed by atoms with Gasteiger partial charge in [0, 0.05) is 31.6 Å². The van der Waals surface area contributed by atoms with Gasteiger partial charge in [-0.15, -0.1) is 0 Å². The maximum atomic E-state index is 12.8. The lowest BCUT2D eigenvalue weighted by molar-refractivity contribution is -0.139. The predicted molar refractivity (Wildman–Crippen MR) is 75.2 cm³/mol. The van der Waals surface area contributed by atoms with Gasteiger partial charge in [-0.05, 0) is 24.6 Å². The van der Waals surface area contributed by atoms with Gasteiger partial charge in [0.2, 0.25) is 11.8 Å². The molecule has 122 valence electrons. The summed E-state index contributed by atoms with van der Waals surface area (Å²) in [6.07, 6.45) is -3.73. The van der Waals surface area contributed by atoms with Crippen LogP contribution in [-0.4, -0.2) is 29.8 Å². The number of likely N-dealkylation sites (tertiary alicyclic amines) is 1. The zero-order valence-electron chi connectivity index (χ0n) is 12.1. The lowest BCUT2D eigenvalue weighted by atomic mass is 10.1. The van der Waals surface area contributed by atoms with E-state index < -0.39 is 17.3 Å². The standard InChI is InChI=1S/C15H14F3N3O2/c16-15(17,18)12-8-11(3-2-10(12)9-19)20-6-1-7-21-13(22)4-5-14(21)23/h2-3,8,20H,1,4-7H2. The average Bonchev–Trinajstić information content (AvgIpc) is 2.82. The molecule has 1 aromatic rings. The van der Waals surface area contributed by atoms with Gasteiger partial charge in [-0.2, -0.15) is 18.4 Å². The highest BCUT2D eigenvalue weighted by atomic mass is 19.4. The van der Waals surface area contributed by atoms with Crippen LogP contribution in [0, 0.1) is 11.3 Å². The monoisotopic (exact) mass is 325 g/mol. The molecule has 2 rings (SSSR count). The number of hydrogen-bond donors (Lipinski definition) is 1. The molecule has 1 fully saturated rings. The summed E-state index contributed by atoms with van der Waals surface area (Å²) < 4.78 is 38.5. The molecule has 1 N–H and O–H groups in total. The third-order valence-corrected chi connectivity index (χ3v) is 3.49. The lowest BCUT2D eigenvalue weighted by Gasteiger charge is -2.15. The smallest absolute Gasteiger partial charge is 0.385 e. The number of nitrogens with zero attached hydrogens (tertiary/aromatic N) is 2. The Labute approximate surface area is 130 Å². The van der Waals surface area contributed by atoms with Crippen LogP contribution in [0.25, 0.3) is 0 Å². The number of alkyl halides is 3. The van der Waals surface area contributed by atoms with E-state index in [1.165, 1.54) is 17.0 Å². The molecule has 5 nitrogen and oxygen atoms in total. The number of anilines is 1. The van der Waals surface area contributed by atoms with Crippen molar-refractivity contribution in [2.75, 3.05) is 18.4 Å². The van der Waals surface area contributed by atoms with E-state index in [-0.39, 0.29) is 36.9 Å². The summed E-state index contributed by atoms with van der Waals surface area (Å²) >= 11 is 0. The Balaban J connectivity index is 1.93. The van der Waals surface area contributed by atoms with Gasteiger partial charge in [0.15, 0.2) is 0 Å². The Morgan fingerprint density at radius 1 is 1.22 bits per heavy atom. The fourth-order valence-corrected chi connectivity index (χ4v) is 2.33. The third-order valence-electron chi connectivity index (χ3n) is 3.49. The van der Waals surface area contributed by atoms with Crippen molar-refractivity contribution in [1.29, 1.82) is 5.26 Å². The fourth-order valence-electron chi connectivity index (χ4n) is 2.33. The number of carbonyl (C=O) groups excluding carboxylic acids is 2. The predicted octanol–water partition coefficient (Wildman–Crippen LogP) is 2.53. The summed E-state index contributed by atoms with van der Waals surface area (Å²) in [5.41, 5.74) is -1.19. The van der Waals surface area contributed by atoms with E-state index in [1.54, 1.807) is 0 Å². The average molecular weight is 325 g/mol. The highest BCUT2D eigenvalue weighted by molar-refractivity contribution is 6.01. The van der Waals surface area contributed by atoms with Crippen molar-refractivity contribution in [1.82, 2.24) is 4.90 Å². The molecule has 0 saturated carbocycles. The molecule has 1 saturated heterocycles. The highest BCUT2D eigenvalue weighted by Crippen LogP contribution is 2.33. The second-order valence-corrected chi connectivity index (χ2v) is 5.09. The van der Waals surface area contributed by atoms with Crippen LogP contribution in [0.1, 0.15) is 30.4 Å². The van der Waals surface area contributed by atoms with E-state index in [0.717, 1.165) is 12.1 Å². The van der Waals surface area contributed by atoms with Gasteiger partial charge in [-0.3, -0.25) is 14.5 Å². The van der Waals surface area contributed by atoms with Gasteiger partial charge in [0.05, 0.1) is 17.2 Å². The van der Waals surface area contributed by atoms with Gasteiger partial charge in [0.1, 0.15) is 0 Å². The first kappa shape index (κ1) is 16.8. The van der Waals surface area contributed by atoms with Crippen molar-refractivity contribution in [3.63, 3.8) is 0 Å². The second-order valence-electron chi connectivity index (χ2n) is 5.09. The molecule has 0 spiro atoms.